The van der Waals surface area contributed by atoms with E-state index in [2.05, 4.69) is 47.5 Å². The molecule has 1 fully saturated rings. The molecule has 1 heterocycles. The molecular weight excluding hydrogens is 370 g/mol. The number of hydrogen-bond acceptors (Lipinski definition) is 3. The van der Waals surface area contributed by atoms with Gasteiger partial charge in [-0.2, -0.15) is 0 Å². The van der Waals surface area contributed by atoms with Gasteiger partial charge in [-0.15, -0.1) is 0 Å². The first-order valence-corrected chi connectivity index (χ1v) is 11.7. The fourth-order valence-corrected chi connectivity index (χ4v) is 4.20. The van der Waals surface area contributed by atoms with Gasteiger partial charge in [0.15, 0.2) is 15.8 Å². The molecule has 0 aromatic heterocycles. The van der Waals surface area contributed by atoms with Crippen molar-refractivity contribution in [2.45, 2.75) is 31.2 Å². The molecule has 1 aliphatic heterocycles. The zero-order valence-corrected chi connectivity index (χ0v) is 17.5. The summed E-state index contributed by atoms with van der Waals surface area (Å²) in [5.41, 5.74) is 2.39. The van der Waals surface area contributed by atoms with Gasteiger partial charge in [-0.05, 0) is 48.9 Å². The van der Waals surface area contributed by atoms with Crippen LogP contribution in [0.3, 0.4) is 0 Å². The first-order valence-electron chi connectivity index (χ1n) is 9.82. The quantitative estimate of drug-likeness (QED) is 0.599. The van der Waals surface area contributed by atoms with Crippen molar-refractivity contribution in [2.24, 2.45) is 10.9 Å². The lowest BCUT2D eigenvalue weighted by Gasteiger charge is -2.21. The number of benzene rings is 2. The fourth-order valence-electron chi connectivity index (χ4n) is 3.57. The standard InChI is InChI=1S/C22H29N3O2S/c1-3-23-22(24-16-19-9-11-21(12-10-19)28(2,26)27)25-14-13-20(17-25)15-18-7-5-4-6-8-18/h4-12,20H,3,13-17H2,1-2H3,(H,23,24). The molecule has 0 bridgehead atoms. The Labute approximate surface area is 168 Å². The van der Waals surface area contributed by atoms with E-state index in [0.717, 1.165) is 37.6 Å². The minimum atomic E-state index is -3.16. The van der Waals surface area contributed by atoms with Crippen molar-refractivity contribution < 1.29 is 8.42 Å². The average molecular weight is 400 g/mol. The van der Waals surface area contributed by atoms with Crippen LogP contribution >= 0.6 is 0 Å². The number of likely N-dealkylation sites (tertiary alicyclic amines) is 1. The second-order valence-corrected chi connectivity index (χ2v) is 9.39. The predicted molar refractivity (Wildman–Crippen MR) is 114 cm³/mol. The zero-order chi connectivity index (χ0) is 20.0. The van der Waals surface area contributed by atoms with E-state index in [1.54, 1.807) is 12.1 Å². The van der Waals surface area contributed by atoms with Gasteiger partial charge >= 0.3 is 0 Å². The number of aliphatic imine (C=N–C) groups is 1. The topological polar surface area (TPSA) is 61.8 Å². The van der Waals surface area contributed by atoms with Crippen LogP contribution in [-0.2, 0) is 22.8 Å². The monoisotopic (exact) mass is 399 g/mol. The van der Waals surface area contributed by atoms with Crippen molar-refractivity contribution in [3.8, 4) is 0 Å². The van der Waals surface area contributed by atoms with E-state index in [1.807, 2.05) is 12.1 Å². The Morgan fingerprint density at radius 2 is 1.82 bits per heavy atom. The Morgan fingerprint density at radius 1 is 1.11 bits per heavy atom. The number of nitrogens with zero attached hydrogens (tertiary/aromatic N) is 2. The van der Waals surface area contributed by atoms with Gasteiger partial charge in [-0.3, -0.25) is 0 Å². The minimum absolute atomic E-state index is 0.343. The Hall–Kier alpha value is -2.34. The van der Waals surface area contributed by atoms with Gasteiger partial charge < -0.3 is 10.2 Å². The van der Waals surface area contributed by atoms with Gasteiger partial charge in [0.2, 0.25) is 0 Å². The fraction of sp³-hybridized carbons (Fsp3) is 0.409. The molecule has 5 nitrogen and oxygen atoms in total. The molecule has 1 unspecified atom stereocenters. The minimum Gasteiger partial charge on any atom is -0.357 e. The van der Waals surface area contributed by atoms with Crippen molar-refractivity contribution in [1.82, 2.24) is 10.2 Å². The molecule has 1 atom stereocenters. The summed E-state index contributed by atoms with van der Waals surface area (Å²) < 4.78 is 23.2. The van der Waals surface area contributed by atoms with E-state index in [1.165, 1.54) is 18.2 Å². The van der Waals surface area contributed by atoms with Gasteiger partial charge in [0.05, 0.1) is 11.4 Å². The lowest BCUT2D eigenvalue weighted by atomic mass is 9.99. The van der Waals surface area contributed by atoms with Crippen LogP contribution in [0, 0.1) is 5.92 Å². The largest absolute Gasteiger partial charge is 0.357 e. The first kappa shape index (κ1) is 20.4. The third-order valence-corrected chi connectivity index (χ3v) is 6.18. The zero-order valence-electron chi connectivity index (χ0n) is 16.6. The van der Waals surface area contributed by atoms with Crippen LogP contribution in [0.15, 0.2) is 64.5 Å². The van der Waals surface area contributed by atoms with Crippen LogP contribution in [0.25, 0.3) is 0 Å². The Morgan fingerprint density at radius 3 is 2.46 bits per heavy atom. The van der Waals surface area contributed by atoms with E-state index in [-0.39, 0.29) is 0 Å². The first-order chi connectivity index (χ1) is 13.5. The molecule has 28 heavy (non-hydrogen) atoms. The molecule has 0 aliphatic carbocycles. The molecule has 0 amide bonds. The Kier molecular flexibility index (Phi) is 6.73. The van der Waals surface area contributed by atoms with Crippen LogP contribution in [0.2, 0.25) is 0 Å². The summed E-state index contributed by atoms with van der Waals surface area (Å²) in [5, 5.41) is 3.39. The summed E-state index contributed by atoms with van der Waals surface area (Å²) in [6.45, 7) is 5.45. The number of sulfone groups is 1. The summed E-state index contributed by atoms with van der Waals surface area (Å²) in [7, 11) is -3.16. The highest BCUT2D eigenvalue weighted by Crippen LogP contribution is 2.21. The summed E-state index contributed by atoms with van der Waals surface area (Å²) in [6.07, 6.45) is 3.49. The number of nitrogens with one attached hydrogen (secondary N) is 1. The average Bonchev–Trinajstić information content (AvgIpc) is 3.14. The van der Waals surface area contributed by atoms with Gasteiger partial charge in [0.25, 0.3) is 0 Å². The van der Waals surface area contributed by atoms with Crippen molar-refractivity contribution in [3.63, 3.8) is 0 Å². The molecule has 0 saturated carbocycles. The maximum Gasteiger partial charge on any atom is 0.194 e. The van der Waals surface area contributed by atoms with Crippen LogP contribution in [0.4, 0.5) is 0 Å². The molecule has 1 saturated heterocycles. The highest BCUT2D eigenvalue weighted by Gasteiger charge is 2.24. The summed E-state index contributed by atoms with van der Waals surface area (Å²) in [4.78, 5) is 7.46. The van der Waals surface area contributed by atoms with Crippen LogP contribution in [-0.4, -0.2) is 45.2 Å². The van der Waals surface area contributed by atoms with Gasteiger partial charge in [-0.1, -0.05) is 42.5 Å². The molecule has 2 aromatic carbocycles. The molecule has 6 heteroatoms. The predicted octanol–water partition coefficient (Wildman–Crippen LogP) is 3.12. The molecule has 1 aliphatic rings. The third kappa shape index (κ3) is 5.58. The molecule has 1 N–H and O–H groups in total. The SMILES string of the molecule is CCNC(=NCc1ccc(S(C)(=O)=O)cc1)N1CCC(Cc2ccccc2)C1. The Bertz CT molecular complexity index is 893. The van der Waals surface area contributed by atoms with E-state index in [0.29, 0.717) is 17.4 Å². The summed E-state index contributed by atoms with van der Waals surface area (Å²) >= 11 is 0. The summed E-state index contributed by atoms with van der Waals surface area (Å²) in [5.74, 6) is 1.57. The molecule has 0 spiro atoms. The normalized spacial score (nSPS) is 17.7. The third-order valence-electron chi connectivity index (χ3n) is 5.05. The molecular formula is C22H29N3O2S. The van der Waals surface area contributed by atoms with Crippen LogP contribution in [0.1, 0.15) is 24.5 Å². The van der Waals surface area contributed by atoms with Gasteiger partial charge in [-0.25, -0.2) is 13.4 Å². The van der Waals surface area contributed by atoms with Crippen LogP contribution < -0.4 is 5.32 Å². The second-order valence-electron chi connectivity index (χ2n) is 7.38. The van der Waals surface area contributed by atoms with Gasteiger partial charge in [0, 0.05) is 25.9 Å². The number of guanidine groups is 1. The molecule has 0 radical (unpaired) electrons. The van der Waals surface area contributed by atoms with Crippen molar-refractivity contribution in [2.75, 3.05) is 25.9 Å². The van der Waals surface area contributed by atoms with Crippen molar-refractivity contribution >= 4 is 15.8 Å². The number of hydrogen-bond donors (Lipinski definition) is 1. The van der Waals surface area contributed by atoms with Gasteiger partial charge in [0.1, 0.15) is 0 Å². The lowest BCUT2D eigenvalue weighted by molar-refractivity contribution is 0.460. The highest BCUT2D eigenvalue weighted by atomic mass is 32.2. The molecule has 3 rings (SSSR count). The van der Waals surface area contributed by atoms with Crippen LogP contribution in [0.5, 0.6) is 0 Å². The maximum absolute atomic E-state index is 11.6. The Balaban J connectivity index is 1.63. The summed E-state index contributed by atoms with van der Waals surface area (Å²) in [6, 6.07) is 17.6. The highest BCUT2D eigenvalue weighted by molar-refractivity contribution is 7.90. The van der Waals surface area contributed by atoms with E-state index in [4.69, 9.17) is 4.99 Å². The van der Waals surface area contributed by atoms with Crippen molar-refractivity contribution in [3.05, 3.63) is 65.7 Å². The van der Waals surface area contributed by atoms with E-state index >= 15 is 0 Å². The maximum atomic E-state index is 11.6. The number of rotatable bonds is 6. The molecule has 150 valence electrons. The lowest BCUT2D eigenvalue weighted by Crippen LogP contribution is -2.40. The van der Waals surface area contributed by atoms with E-state index < -0.39 is 9.84 Å². The van der Waals surface area contributed by atoms with E-state index in [9.17, 15) is 8.42 Å². The van der Waals surface area contributed by atoms with Crippen molar-refractivity contribution in [1.29, 1.82) is 0 Å². The molecule has 2 aromatic rings. The smallest absolute Gasteiger partial charge is 0.194 e. The second kappa shape index (κ2) is 9.24.